The van der Waals surface area contributed by atoms with E-state index in [-0.39, 0.29) is 11.8 Å². The molecule has 0 bridgehead atoms. The van der Waals surface area contributed by atoms with Crippen molar-refractivity contribution in [3.8, 4) is 0 Å². The van der Waals surface area contributed by atoms with Crippen LogP contribution < -0.4 is 10.6 Å². The molecule has 2 N–H and O–H groups in total. The number of Topliss-reactive ketones (excluding diaryl/α,β-unsaturated/α-hetero) is 1. The van der Waals surface area contributed by atoms with Gasteiger partial charge in [0, 0.05) is 16.1 Å². The van der Waals surface area contributed by atoms with Gasteiger partial charge < -0.3 is 10.6 Å². The van der Waals surface area contributed by atoms with Crippen LogP contribution in [-0.4, -0.2) is 11.8 Å². The van der Waals surface area contributed by atoms with Crippen molar-refractivity contribution in [2.24, 2.45) is 0 Å². The highest BCUT2D eigenvalue weighted by Gasteiger charge is 2.06. The molecule has 0 aliphatic rings. The number of carbonyl (C=O) groups excluding carboxylic acids is 2. The van der Waals surface area contributed by atoms with Crippen molar-refractivity contribution in [3.63, 3.8) is 0 Å². The zero-order valence-corrected chi connectivity index (χ0v) is 11.8. The molecule has 0 heterocycles. The first-order valence-electron chi connectivity index (χ1n) is 6.03. The summed E-state index contributed by atoms with van der Waals surface area (Å²) in [5.74, 6) is -0.0465. The van der Waals surface area contributed by atoms with Crippen LogP contribution in [0.4, 0.5) is 16.2 Å². The van der Waals surface area contributed by atoms with E-state index >= 15 is 0 Å². The Labute approximate surface area is 122 Å². The maximum atomic E-state index is 11.9. The molecule has 0 saturated carbocycles. The topological polar surface area (TPSA) is 58.2 Å². The molecule has 0 aliphatic carbocycles. The quantitative estimate of drug-likeness (QED) is 0.593. The Hall–Kier alpha value is -2.27. The van der Waals surface area contributed by atoms with E-state index < -0.39 is 0 Å². The maximum absolute atomic E-state index is 11.9. The van der Waals surface area contributed by atoms with E-state index in [1.165, 1.54) is 6.92 Å². The molecule has 0 fully saturated rings. The van der Waals surface area contributed by atoms with Crippen LogP contribution in [0.1, 0.15) is 17.3 Å². The molecule has 0 spiro atoms. The van der Waals surface area contributed by atoms with Crippen LogP contribution in [0, 0.1) is 0 Å². The van der Waals surface area contributed by atoms with Crippen molar-refractivity contribution < 1.29 is 9.59 Å². The van der Waals surface area contributed by atoms with Gasteiger partial charge in [0.15, 0.2) is 5.78 Å². The van der Waals surface area contributed by atoms with Gasteiger partial charge in [0.05, 0.1) is 5.69 Å². The zero-order chi connectivity index (χ0) is 14.5. The van der Waals surface area contributed by atoms with Crippen molar-refractivity contribution in [3.05, 3.63) is 54.1 Å². The minimum atomic E-state index is -0.382. The number of benzene rings is 2. The molecule has 0 saturated heterocycles. The summed E-state index contributed by atoms with van der Waals surface area (Å²) in [5, 5.41) is 5.37. The lowest BCUT2D eigenvalue weighted by molar-refractivity contribution is 0.101. The van der Waals surface area contributed by atoms with Crippen LogP contribution in [0.3, 0.4) is 0 Å². The molecule has 2 aromatic carbocycles. The molecule has 0 aliphatic heterocycles. The summed E-state index contributed by atoms with van der Waals surface area (Å²) in [5.41, 5.74) is 1.74. The van der Waals surface area contributed by atoms with E-state index in [0.29, 0.717) is 21.8 Å². The number of nitrogens with one attached hydrogen (secondary N) is 2. The summed E-state index contributed by atoms with van der Waals surface area (Å²) in [6.45, 7) is 1.48. The van der Waals surface area contributed by atoms with Crippen LogP contribution in [0.2, 0.25) is 0 Å². The zero-order valence-electron chi connectivity index (χ0n) is 10.9. The van der Waals surface area contributed by atoms with Gasteiger partial charge in [0.25, 0.3) is 0 Å². The van der Waals surface area contributed by atoms with Crippen LogP contribution in [0.25, 0.3) is 0 Å². The average molecular weight is 286 g/mol. The number of hydrogen-bond acceptors (Lipinski definition) is 3. The lowest BCUT2D eigenvalue weighted by Crippen LogP contribution is -2.19. The number of para-hydroxylation sites is 1. The largest absolute Gasteiger partial charge is 0.323 e. The van der Waals surface area contributed by atoms with E-state index in [4.69, 9.17) is 0 Å². The second-order valence-corrected chi connectivity index (χ2v) is 4.72. The van der Waals surface area contributed by atoms with Crippen molar-refractivity contribution in [2.75, 3.05) is 10.6 Å². The fourth-order valence-corrected chi connectivity index (χ4v) is 1.90. The van der Waals surface area contributed by atoms with Gasteiger partial charge >= 0.3 is 6.03 Å². The minimum absolute atomic E-state index is 0.0465. The van der Waals surface area contributed by atoms with Crippen LogP contribution in [0.5, 0.6) is 0 Å². The molecule has 0 unspecified atom stereocenters. The smallest absolute Gasteiger partial charge is 0.308 e. The monoisotopic (exact) mass is 286 g/mol. The molecule has 5 heteroatoms. The molecule has 2 rings (SSSR count). The summed E-state index contributed by atoms with van der Waals surface area (Å²) >= 11 is 4.25. The molecule has 0 atom stereocenters. The Kier molecular flexibility index (Phi) is 4.42. The van der Waals surface area contributed by atoms with Gasteiger partial charge in [0.1, 0.15) is 0 Å². The summed E-state index contributed by atoms with van der Waals surface area (Å²) in [6, 6.07) is 13.6. The highest BCUT2D eigenvalue weighted by atomic mass is 32.1. The summed E-state index contributed by atoms with van der Waals surface area (Å²) in [4.78, 5) is 23.8. The van der Waals surface area contributed by atoms with Gasteiger partial charge in [0.2, 0.25) is 0 Å². The lowest BCUT2D eigenvalue weighted by Gasteiger charge is -2.09. The number of hydrogen-bond donors (Lipinski definition) is 3. The van der Waals surface area contributed by atoms with Crippen LogP contribution >= 0.6 is 12.6 Å². The number of carbonyl (C=O) groups is 2. The SMILES string of the molecule is CC(=O)c1cccc(NC(=O)Nc2ccccc2S)c1. The Bertz CT molecular complexity index is 656. The molecule has 4 nitrogen and oxygen atoms in total. The minimum Gasteiger partial charge on any atom is -0.308 e. The van der Waals surface area contributed by atoms with Crippen molar-refractivity contribution in [2.45, 2.75) is 11.8 Å². The fraction of sp³-hybridized carbons (Fsp3) is 0.0667. The molecular weight excluding hydrogens is 272 g/mol. The number of anilines is 2. The Morgan fingerprint density at radius 2 is 1.75 bits per heavy atom. The Balaban J connectivity index is 2.07. The van der Waals surface area contributed by atoms with E-state index in [9.17, 15) is 9.59 Å². The Morgan fingerprint density at radius 1 is 1.00 bits per heavy atom. The molecule has 0 aromatic heterocycles. The molecular formula is C15H14N2O2S. The third-order valence-corrected chi connectivity index (χ3v) is 3.07. The molecule has 2 aromatic rings. The lowest BCUT2D eigenvalue weighted by atomic mass is 10.1. The van der Waals surface area contributed by atoms with E-state index in [1.807, 2.05) is 12.1 Å². The van der Waals surface area contributed by atoms with E-state index in [1.54, 1.807) is 36.4 Å². The van der Waals surface area contributed by atoms with Gasteiger partial charge in [-0.2, -0.15) is 0 Å². The normalized spacial score (nSPS) is 9.90. The summed E-state index contributed by atoms with van der Waals surface area (Å²) in [7, 11) is 0. The van der Waals surface area contributed by atoms with Crippen LogP contribution in [0.15, 0.2) is 53.4 Å². The average Bonchev–Trinajstić information content (AvgIpc) is 2.41. The van der Waals surface area contributed by atoms with Gasteiger partial charge in [-0.15, -0.1) is 12.6 Å². The van der Waals surface area contributed by atoms with Gasteiger partial charge in [-0.3, -0.25) is 4.79 Å². The predicted octanol–water partition coefficient (Wildman–Crippen LogP) is 3.82. The van der Waals surface area contributed by atoms with E-state index in [2.05, 4.69) is 23.3 Å². The second-order valence-electron chi connectivity index (χ2n) is 4.23. The van der Waals surface area contributed by atoms with Gasteiger partial charge in [-0.05, 0) is 31.2 Å². The molecule has 102 valence electrons. The first-order valence-corrected chi connectivity index (χ1v) is 6.48. The molecule has 2 amide bonds. The number of thiol groups is 1. The van der Waals surface area contributed by atoms with Crippen LogP contribution in [-0.2, 0) is 0 Å². The summed E-state index contributed by atoms with van der Waals surface area (Å²) in [6.07, 6.45) is 0. The number of amides is 2. The highest BCUT2D eigenvalue weighted by Crippen LogP contribution is 2.19. The number of ketones is 1. The third kappa shape index (κ3) is 3.61. The number of urea groups is 1. The third-order valence-electron chi connectivity index (χ3n) is 2.68. The fourth-order valence-electron chi connectivity index (χ4n) is 1.68. The highest BCUT2D eigenvalue weighted by molar-refractivity contribution is 7.80. The standard InChI is InChI=1S/C15H14N2O2S/c1-10(18)11-5-4-6-12(9-11)16-15(19)17-13-7-2-3-8-14(13)20/h2-9,20H,1H3,(H2,16,17,19). The first kappa shape index (κ1) is 14.1. The Morgan fingerprint density at radius 3 is 2.45 bits per heavy atom. The second kappa shape index (κ2) is 6.25. The van der Waals surface area contributed by atoms with Crippen molar-refractivity contribution in [1.82, 2.24) is 0 Å². The van der Waals surface area contributed by atoms with Gasteiger partial charge in [-0.1, -0.05) is 24.3 Å². The molecule has 0 radical (unpaired) electrons. The predicted molar refractivity (Wildman–Crippen MR) is 82.8 cm³/mol. The molecule has 20 heavy (non-hydrogen) atoms. The van der Waals surface area contributed by atoms with Gasteiger partial charge in [-0.25, -0.2) is 4.79 Å². The maximum Gasteiger partial charge on any atom is 0.323 e. The number of rotatable bonds is 3. The first-order chi connectivity index (χ1) is 9.56. The van der Waals surface area contributed by atoms with Crippen molar-refractivity contribution >= 4 is 35.8 Å². The summed E-state index contributed by atoms with van der Waals surface area (Å²) < 4.78 is 0. The van der Waals surface area contributed by atoms with E-state index in [0.717, 1.165) is 0 Å². The van der Waals surface area contributed by atoms with Crippen molar-refractivity contribution in [1.29, 1.82) is 0 Å².